The largest absolute Gasteiger partial charge is 0.367 e. The van der Waals surface area contributed by atoms with E-state index in [4.69, 9.17) is 5.26 Å². The summed E-state index contributed by atoms with van der Waals surface area (Å²) >= 11 is 0. The van der Waals surface area contributed by atoms with Gasteiger partial charge in [0.1, 0.15) is 11.9 Å². The Bertz CT molecular complexity index is 617. The predicted molar refractivity (Wildman–Crippen MR) is 83.5 cm³/mol. The third-order valence-corrected chi connectivity index (χ3v) is 3.46. The van der Waals surface area contributed by atoms with Crippen LogP contribution in [0.3, 0.4) is 0 Å². The van der Waals surface area contributed by atoms with Crippen molar-refractivity contribution in [1.29, 1.82) is 5.26 Å². The molecule has 0 aliphatic heterocycles. The molecule has 2 aromatic rings. The average molecular weight is 282 g/mol. The minimum atomic E-state index is -0.405. The molecule has 0 fully saturated rings. The predicted octanol–water partition coefficient (Wildman–Crippen LogP) is 4.50. The molecule has 0 atom stereocenters. The van der Waals surface area contributed by atoms with Crippen molar-refractivity contribution in [2.75, 3.05) is 11.4 Å². The first-order valence-corrected chi connectivity index (χ1v) is 7.23. The van der Waals surface area contributed by atoms with Crippen molar-refractivity contribution >= 4 is 5.69 Å². The van der Waals surface area contributed by atoms with Crippen LogP contribution in [0.5, 0.6) is 0 Å². The van der Waals surface area contributed by atoms with Crippen LogP contribution in [0.2, 0.25) is 0 Å². The van der Waals surface area contributed by atoms with Gasteiger partial charge >= 0.3 is 0 Å². The second-order valence-electron chi connectivity index (χ2n) is 5.00. The summed E-state index contributed by atoms with van der Waals surface area (Å²) in [7, 11) is 0. The molecule has 0 spiro atoms. The van der Waals surface area contributed by atoms with E-state index in [1.807, 2.05) is 36.4 Å². The minimum Gasteiger partial charge on any atom is -0.367 e. The van der Waals surface area contributed by atoms with Gasteiger partial charge in [-0.25, -0.2) is 4.39 Å². The molecule has 0 bridgehead atoms. The Morgan fingerprint density at radius 1 is 1.10 bits per heavy atom. The van der Waals surface area contributed by atoms with Crippen molar-refractivity contribution in [2.24, 2.45) is 0 Å². The second-order valence-corrected chi connectivity index (χ2v) is 5.00. The van der Waals surface area contributed by atoms with Gasteiger partial charge < -0.3 is 4.90 Å². The first-order chi connectivity index (χ1) is 10.3. The van der Waals surface area contributed by atoms with Gasteiger partial charge in [-0.1, -0.05) is 43.7 Å². The van der Waals surface area contributed by atoms with E-state index in [1.54, 1.807) is 12.1 Å². The van der Waals surface area contributed by atoms with E-state index in [1.165, 1.54) is 6.07 Å². The lowest BCUT2D eigenvalue weighted by molar-refractivity contribution is 0.597. The third-order valence-electron chi connectivity index (χ3n) is 3.46. The SMILES string of the molecule is CCCCN(Cc1cccc(C#N)c1F)c1ccccc1. The molecule has 0 aromatic heterocycles. The summed E-state index contributed by atoms with van der Waals surface area (Å²) in [6.45, 7) is 3.49. The van der Waals surface area contributed by atoms with Crippen LogP contribution in [0.1, 0.15) is 30.9 Å². The Labute approximate surface area is 125 Å². The van der Waals surface area contributed by atoms with Gasteiger partial charge in [-0.05, 0) is 24.6 Å². The number of benzene rings is 2. The summed E-state index contributed by atoms with van der Waals surface area (Å²) in [5.74, 6) is -0.405. The van der Waals surface area contributed by atoms with Crippen molar-refractivity contribution in [2.45, 2.75) is 26.3 Å². The van der Waals surface area contributed by atoms with E-state index in [2.05, 4.69) is 11.8 Å². The quantitative estimate of drug-likeness (QED) is 0.779. The molecule has 0 N–H and O–H groups in total. The smallest absolute Gasteiger partial charge is 0.145 e. The van der Waals surface area contributed by atoms with Crippen LogP contribution in [-0.2, 0) is 6.54 Å². The van der Waals surface area contributed by atoms with Gasteiger partial charge in [0.05, 0.1) is 5.56 Å². The van der Waals surface area contributed by atoms with Crippen LogP contribution >= 0.6 is 0 Å². The Morgan fingerprint density at radius 3 is 2.52 bits per heavy atom. The summed E-state index contributed by atoms with van der Waals surface area (Å²) in [6.07, 6.45) is 2.14. The lowest BCUT2D eigenvalue weighted by atomic mass is 10.1. The maximum atomic E-state index is 14.2. The van der Waals surface area contributed by atoms with Gasteiger partial charge in [-0.15, -0.1) is 0 Å². The zero-order valence-corrected chi connectivity index (χ0v) is 12.2. The number of hydrogen-bond acceptors (Lipinski definition) is 2. The maximum absolute atomic E-state index is 14.2. The number of para-hydroxylation sites is 1. The number of halogens is 1. The van der Waals surface area contributed by atoms with E-state index >= 15 is 0 Å². The highest BCUT2D eigenvalue weighted by Crippen LogP contribution is 2.20. The first-order valence-electron chi connectivity index (χ1n) is 7.23. The molecule has 3 heteroatoms. The van der Waals surface area contributed by atoms with Gasteiger partial charge in [-0.2, -0.15) is 5.26 Å². The van der Waals surface area contributed by atoms with Gasteiger partial charge in [0.2, 0.25) is 0 Å². The van der Waals surface area contributed by atoms with Crippen molar-refractivity contribution in [3.8, 4) is 6.07 Å². The number of anilines is 1. The summed E-state index contributed by atoms with van der Waals surface area (Å²) < 4.78 is 14.2. The number of nitriles is 1. The van der Waals surface area contributed by atoms with Crippen LogP contribution < -0.4 is 4.90 Å². The van der Waals surface area contributed by atoms with E-state index in [-0.39, 0.29) is 5.56 Å². The molecule has 108 valence electrons. The zero-order valence-electron chi connectivity index (χ0n) is 12.2. The number of hydrogen-bond donors (Lipinski definition) is 0. The molecule has 0 radical (unpaired) electrons. The maximum Gasteiger partial charge on any atom is 0.145 e. The molecule has 0 heterocycles. The molecular weight excluding hydrogens is 263 g/mol. The van der Waals surface area contributed by atoms with E-state index in [9.17, 15) is 4.39 Å². The van der Waals surface area contributed by atoms with E-state index < -0.39 is 5.82 Å². The molecule has 0 saturated heterocycles. The Kier molecular flexibility index (Phi) is 5.34. The summed E-state index contributed by atoms with van der Waals surface area (Å²) in [5.41, 5.74) is 1.75. The highest BCUT2D eigenvalue weighted by Gasteiger charge is 2.12. The fourth-order valence-corrected chi connectivity index (χ4v) is 2.28. The monoisotopic (exact) mass is 282 g/mol. The van der Waals surface area contributed by atoms with E-state index in [0.717, 1.165) is 25.1 Å². The molecule has 2 nitrogen and oxygen atoms in total. The van der Waals surface area contributed by atoms with Crippen LogP contribution in [0, 0.1) is 17.1 Å². The van der Waals surface area contributed by atoms with Gasteiger partial charge in [0.15, 0.2) is 0 Å². The lowest BCUT2D eigenvalue weighted by Crippen LogP contribution is -2.24. The fourth-order valence-electron chi connectivity index (χ4n) is 2.28. The highest BCUT2D eigenvalue weighted by atomic mass is 19.1. The Hall–Kier alpha value is -2.34. The van der Waals surface area contributed by atoms with Gasteiger partial charge in [-0.3, -0.25) is 0 Å². The third kappa shape index (κ3) is 3.82. The first kappa shape index (κ1) is 15.1. The van der Waals surface area contributed by atoms with Crippen molar-refractivity contribution < 1.29 is 4.39 Å². The summed E-state index contributed by atoms with van der Waals surface area (Å²) in [4.78, 5) is 2.16. The van der Waals surface area contributed by atoms with Crippen molar-refractivity contribution in [3.63, 3.8) is 0 Å². The van der Waals surface area contributed by atoms with Crippen molar-refractivity contribution in [1.82, 2.24) is 0 Å². The molecule has 0 unspecified atom stereocenters. The van der Waals surface area contributed by atoms with Crippen LogP contribution in [0.4, 0.5) is 10.1 Å². The minimum absolute atomic E-state index is 0.107. The molecule has 0 aliphatic carbocycles. The number of rotatable bonds is 6. The van der Waals surface area contributed by atoms with Gasteiger partial charge in [0.25, 0.3) is 0 Å². The highest BCUT2D eigenvalue weighted by molar-refractivity contribution is 5.47. The molecular formula is C18H19FN2. The number of nitrogens with zero attached hydrogens (tertiary/aromatic N) is 2. The van der Waals surface area contributed by atoms with Crippen LogP contribution in [-0.4, -0.2) is 6.54 Å². The standard InChI is InChI=1S/C18H19FN2/c1-2-3-12-21(17-10-5-4-6-11-17)14-16-9-7-8-15(13-20)18(16)19/h4-11H,2-3,12,14H2,1H3. The van der Waals surface area contributed by atoms with E-state index in [0.29, 0.717) is 12.1 Å². The fraction of sp³-hybridized carbons (Fsp3) is 0.278. The molecule has 0 aliphatic rings. The Balaban J connectivity index is 2.25. The molecule has 21 heavy (non-hydrogen) atoms. The average Bonchev–Trinajstić information content (AvgIpc) is 2.53. The zero-order chi connectivity index (χ0) is 15.1. The van der Waals surface area contributed by atoms with Crippen LogP contribution in [0.15, 0.2) is 48.5 Å². The lowest BCUT2D eigenvalue weighted by Gasteiger charge is -2.25. The van der Waals surface area contributed by atoms with Crippen molar-refractivity contribution in [3.05, 3.63) is 65.5 Å². The topological polar surface area (TPSA) is 27.0 Å². The Morgan fingerprint density at radius 2 is 1.86 bits per heavy atom. The second kappa shape index (κ2) is 7.44. The molecule has 0 amide bonds. The van der Waals surface area contributed by atoms with Crippen LogP contribution in [0.25, 0.3) is 0 Å². The van der Waals surface area contributed by atoms with Gasteiger partial charge in [0, 0.05) is 24.3 Å². The molecule has 2 rings (SSSR count). The molecule has 0 saturated carbocycles. The number of unbranched alkanes of at least 4 members (excludes halogenated alkanes) is 1. The molecule has 2 aromatic carbocycles. The summed E-state index contributed by atoms with van der Waals surface area (Å²) in [6, 6.07) is 16.9. The normalized spacial score (nSPS) is 10.1. The summed E-state index contributed by atoms with van der Waals surface area (Å²) in [5, 5.41) is 8.93.